The summed E-state index contributed by atoms with van der Waals surface area (Å²) >= 11 is 1.48. The maximum atomic E-state index is 14.5. The van der Waals surface area contributed by atoms with E-state index in [2.05, 4.69) is 31.4 Å². The molecule has 2 aliphatic heterocycles. The zero-order valence-electron chi connectivity index (χ0n) is 33.1. The van der Waals surface area contributed by atoms with Crippen LogP contribution in [0.5, 0.6) is 5.75 Å². The third-order valence-corrected chi connectivity index (χ3v) is 11.5. The van der Waals surface area contributed by atoms with Gasteiger partial charge in [0.05, 0.1) is 12.0 Å². The van der Waals surface area contributed by atoms with Crippen molar-refractivity contribution in [2.45, 2.75) is 76.8 Å². The number of nitrogens with one attached hydrogen (secondary N) is 2. The summed E-state index contributed by atoms with van der Waals surface area (Å²) in [6, 6.07) is 33.8. The summed E-state index contributed by atoms with van der Waals surface area (Å²) in [4.78, 5) is 69.9. The van der Waals surface area contributed by atoms with E-state index in [0.717, 1.165) is 32.7 Å². The van der Waals surface area contributed by atoms with E-state index in [0.29, 0.717) is 11.3 Å². The Morgan fingerprint density at radius 1 is 0.690 bits per heavy atom. The number of ketones is 2. The highest BCUT2D eigenvalue weighted by Gasteiger charge is 2.33. The Hall–Kier alpha value is -5.87. The van der Waals surface area contributed by atoms with Gasteiger partial charge in [-0.2, -0.15) is 0 Å². The number of carbonyl (C=O) groups is 5. The maximum Gasteiger partial charge on any atom is 0.307 e. The normalized spacial score (nSPS) is 19.9. The molecule has 0 spiro atoms. The summed E-state index contributed by atoms with van der Waals surface area (Å²) in [5, 5.41) is 18.1. The number of carboxylic acid groups (broad SMARTS) is 1. The molecule has 0 saturated heterocycles. The van der Waals surface area contributed by atoms with E-state index >= 15 is 0 Å². The Labute approximate surface area is 343 Å². The predicted molar refractivity (Wildman–Crippen MR) is 226 cm³/mol. The Morgan fingerprint density at radius 3 is 1.93 bits per heavy atom. The molecule has 2 amide bonds. The first kappa shape index (κ1) is 41.8. The lowest BCUT2D eigenvalue weighted by atomic mass is 9.86. The van der Waals surface area contributed by atoms with Gasteiger partial charge in [-0.05, 0) is 81.6 Å². The van der Waals surface area contributed by atoms with Crippen LogP contribution >= 0.6 is 11.3 Å². The van der Waals surface area contributed by atoms with E-state index in [9.17, 15) is 29.1 Å². The lowest BCUT2D eigenvalue weighted by Gasteiger charge is -2.26. The lowest BCUT2D eigenvalue weighted by molar-refractivity contribution is -0.144. The van der Waals surface area contributed by atoms with Gasteiger partial charge in [0.15, 0.2) is 11.6 Å². The highest BCUT2D eigenvalue weighted by molar-refractivity contribution is 7.09. The summed E-state index contributed by atoms with van der Waals surface area (Å²) in [6.07, 6.45) is 0.134. The number of thiophene rings is 1. The Morgan fingerprint density at radius 2 is 1.31 bits per heavy atom. The minimum absolute atomic E-state index is 0.0727. The zero-order chi connectivity index (χ0) is 41.2. The number of carbonyl (C=O) groups excluding carboxylic acids is 4. The van der Waals surface area contributed by atoms with E-state index in [4.69, 9.17) is 4.74 Å². The van der Waals surface area contributed by atoms with E-state index in [1.807, 2.05) is 96.4 Å². The van der Waals surface area contributed by atoms with Gasteiger partial charge < -0.3 is 20.5 Å². The number of rotatable bonds is 8. The van der Waals surface area contributed by atoms with E-state index in [-0.39, 0.29) is 56.3 Å². The van der Waals surface area contributed by atoms with Gasteiger partial charge in [0.2, 0.25) is 11.8 Å². The number of hydrogen-bond acceptors (Lipinski definition) is 7. The van der Waals surface area contributed by atoms with Gasteiger partial charge >= 0.3 is 5.97 Å². The molecular formula is C48H50N2O7S. The van der Waals surface area contributed by atoms with Gasteiger partial charge in [-0.25, -0.2) is 0 Å². The topological polar surface area (TPSA) is 139 Å². The fraction of sp³-hybridized carbons (Fsp3) is 0.312. The highest BCUT2D eigenvalue weighted by Crippen LogP contribution is 2.25. The number of amides is 2. The molecule has 0 fully saturated rings. The SMILES string of the molecule is CC(C)(C)c1ccc(C[C@@H]2NC(=O)[C@@H](Cc3ccc(-c4ccccc4)cc3)NC(=O)[C@H](Cc3cccs3)CC(=O)COc3ccc(cc3)C[C@@H](C(=O)O)CC2=O)cc1. The standard InChI is InChI=1S/C48H50N2O7S/c1-48(2,3)38-19-13-33(14-20-38)25-42-44(52)29-37(47(55)56)24-31-15-21-40(22-16-31)57-30-39(51)27-36(28-41-10-7-23-58-41)45(53)50-43(46(54)49-42)26-32-11-17-35(18-12-32)34-8-5-4-6-9-34/h4-23,36-37,42-43H,24-30H2,1-3H3,(H,49,54)(H,50,53)(H,55,56)/t36-,37+,42-,43+/m0/s1. The van der Waals surface area contributed by atoms with Crippen molar-refractivity contribution < 1.29 is 33.8 Å². The fourth-order valence-electron chi connectivity index (χ4n) is 7.16. The molecule has 58 heavy (non-hydrogen) atoms. The zero-order valence-corrected chi connectivity index (χ0v) is 33.9. The van der Waals surface area contributed by atoms with Crippen LogP contribution in [-0.4, -0.2) is 53.1 Å². The molecule has 0 saturated carbocycles. The fourth-order valence-corrected chi connectivity index (χ4v) is 7.94. The molecule has 7 rings (SSSR count). The van der Waals surface area contributed by atoms with Crippen LogP contribution in [0.4, 0.5) is 0 Å². The number of aliphatic carboxylic acids is 1. The molecule has 4 atom stereocenters. The monoisotopic (exact) mass is 798 g/mol. The molecule has 5 aromatic rings. The van der Waals surface area contributed by atoms with Gasteiger partial charge in [-0.3, -0.25) is 24.0 Å². The van der Waals surface area contributed by atoms with Crippen molar-refractivity contribution in [1.82, 2.24) is 10.6 Å². The van der Waals surface area contributed by atoms with Gasteiger partial charge in [-0.15, -0.1) is 11.3 Å². The van der Waals surface area contributed by atoms with E-state index < -0.39 is 47.5 Å². The van der Waals surface area contributed by atoms with Crippen LogP contribution in [-0.2, 0) is 55.1 Å². The molecule has 0 radical (unpaired) electrons. The van der Waals surface area contributed by atoms with Crippen molar-refractivity contribution in [3.8, 4) is 16.9 Å². The molecule has 300 valence electrons. The van der Waals surface area contributed by atoms with Crippen LogP contribution in [0.2, 0.25) is 0 Å². The molecule has 2 aliphatic rings. The molecule has 0 aliphatic carbocycles. The van der Waals surface area contributed by atoms with Crippen molar-refractivity contribution >= 4 is 40.7 Å². The summed E-state index contributed by atoms with van der Waals surface area (Å²) in [5.41, 5.74) is 5.27. The molecular weight excluding hydrogens is 749 g/mol. The molecule has 1 aromatic heterocycles. The molecule has 2 bridgehead atoms. The van der Waals surface area contributed by atoms with E-state index in [1.54, 1.807) is 24.3 Å². The van der Waals surface area contributed by atoms with Crippen LogP contribution in [0, 0.1) is 11.8 Å². The van der Waals surface area contributed by atoms with E-state index in [1.165, 1.54) is 11.3 Å². The number of carboxylic acids is 1. The minimum atomic E-state index is -1.13. The quantitative estimate of drug-likeness (QED) is 0.147. The smallest absolute Gasteiger partial charge is 0.307 e. The number of hydrogen-bond donors (Lipinski definition) is 3. The van der Waals surface area contributed by atoms with Crippen LogP contribution in [0.3, 0.4) is 0 Å². The second-order valence-corrected chi connectivity index (χ2v) is 17.1. The third kappa shape index (κ3) is 11.6. The number of ether oxygens (including phenoxy) is 1. The second-order valence-electron chi connectivity index (χ2n) is 16.1. The summed E-state index contributed by atoms with van der Waals surface area (Å²) in [5.74, 6) is -4.37. The minimum Gasteiger partial charge on any atom is -0.486 e. The number of benzene rings is 4. The van der Waals surface area contributed by atoms with Crippen molar-refractivity contribution in [3.05, 3.63) is 148 Å². The maximum absolute atomic E-state index is 14.5. The molecule has 10 heteroatoms. The third-order valence-electron chi connectivity index (χ3n) is 10.6. The molecule has 3 heterocycles. The highest BCUT2D eigenvalue weighted by atomic mass is 32.1. The van der Waals surface area contributed by atoms with Crippen molar-refractivity contribution in [2.75, 3.05) is 6.61 Å². The van der Waals surface area contributed by atoms with Gasteiger partial charge in [-0.1, -0.05) is 118 Å². The molecule has 0 unspecified atom stereocenters. The van der Waals surface area contributed by atoms with Gasteiger partial charge in [0.25, 0.3) is 0 Å². The van der Waals surface area contributed by atoms with Crippen molar-refractivity contribution in [2.24, 2.45) is 11.8 Å². The Kier molecular flexibility index (Phi) is 13.7. The molecule has 9 nitrogen and oxygen atoms in total. The first-order chi connectivity index (χ1) is 27.8. The first-order valence-electron chi connectivity index (χ1n) is 19.7. The molecule has 4 aromatic carbocycles. The summed E-state index contributed by atoms with van der Waals surface area (Å²) in [6.45, 7) is 6.05. The Balaban J connectivity index is 1.35. The Bertz CT molecular complexity index is 2180. The summed E-state index contributed by atoms with van der Waals surface area (Å²) < 4.78 is 5.79. The average molecular weight is 799 g/mol. The van der Waals surface area contributed by atoms with Gasteiger partial charge in [0, 0.05) is 30.1 Å². The van der Waals surface area contributed by atoms with Crippen molar-refractivity contribution in [3.63, 3.8) is 0 Å². The van der Waals surface area contributed by atoms with Crippen LogP contribution < -0.4 is 15.4 Å². The van der Waals surface area contributed by atoms with Gasteiger partial charge in [0.1, 0.15) is 18.4 Å². The number of Topliss-reactive ketones (excluding diaryl/α,β-unsaturated/α-hetero) is 2. The first-order valence-corrected chi connectivity index (χ1v) is 20.5. The molecule has 3 N–H and O–H groups in total. The lowest BCUT2D eigenvalue weighted by Crippen LogP contribution is -2.54. The predicted octanol–water partition coefficient (Wildman–Crippen LogP) is 7.58. The van der Waals surface area contributed by atoms with Crippen molar-refractivity contribution in [1.29, 1.82) is 0 Å². The largest absolute Gasteiger partial charge is 0.486 e. The number of fused-ring (bicyclic) bond motifs is 16. The van der Waals surface area contributed by atoms with Crippen LogP contribution in [0.25, 0.3) is 11.1 Å². The average Bonchev–Trinajstić information content (AvgIpc) is 3.73. The second kappa shape index (κ2) is 19.0. The van der Waals surface area contributed by atoms with Crippen LogP contribution in [0.1, 0.15) is 60.7 Å². The summed E-state index contributed by atoms with van der Waals surface area (Å²) in [7, 11) is 0. The van der Waals surface area contributed by atoms with Crippen LogP contribution in [0.15, 0.2) is 121 Å².